The highest BCUT2D eigenvalue weighted by molar-refractivity contribution is 9.10. The van der Waals surface area contributed by atoms with Crippen LogP contribution in [-0.4, -0.2) is 36.4 Å². The number of carboxylic acids is 2. The third-order valence-corrected chi connectivity index (χ3v) is 7.96. The number of nitrogens with one attached hydrogen (secondary N) is 2. The first-order valence-electron chi connectivity index (χ1n) is 13.4. The predicted octanol–water partition coefficient (Wildman–Crippen LogP) is 6.69. The molecule has 0 aliphatic carbocycles. The topological polar surface area (TPSA) is 119 Å². The van der Waals surface area contributed by atoms with Crippen LogP contribution < -0.4 is 15.9 Å². The van der Waals surface area contributed by atoms with Gasteiger partial charge < -0.3 is 25.7 Å². The second kappa shape index (κ2) is 15.0. The van der Waals surface area contributed by atoms with Crippen molar-refractivity contribution in [2.45, 2.75) is 20.0 Å². The van der Waals surface area contributed by atoms with Crippen molar-refractivity contribution in [2.75, 3.05) is 5.32 Å². The number of pyridine rings is 1. The minimum atomic E-state index is -1.05. The molecule has 1 aliphatic heterocycles. The molecular formula is C32H29BrClFN5O4P. The zero-order valence-electron chi connectivity index (χ0n) is 24.0. The van der Waals surface area contributed by atoms with Crippen LogP contribution in [-0.2, 0) is 17.9 Å². The Labute approximate surface area is 274 Å². The van der Waals surface area contributed by atoms with Gasteiger partial charge in [0.25, 0.3) is 0 Å². The molecule has 1 aliphatic rings. The summed E-state index contributed by atoms with van der Waals surface area (Å²) in [4.78, 5) is 28.8. The Morgan fingerprint density at radius 3 is 2.56 bits per heavy atom. The third-order valence-electron chi connectivity index (χ3n) is 6.56. The molecule has 9 nitrogen and oxygen atoms in total. The lowest BCUT2D eigenvalue weighted by Gasteiger charge is -2.27. The molecule has 232 valence electrons. The highest BCUT2D eigenvalue weighted by Gasteiger charge is 2.24. The normalized spacial score (nSPS) is 12.8. The molecule has 5 rings (SSSR count). The van der Waals surface area contributed by atoms with Crippen molar-refractivity contribution in [2.24, 2.45) is 0 Å². The highest BCUT2D eigenvalue weighted by atomic mass is 79.9. The van der Waals surface area contributed by atoms with Crippen LogP contribution in [0, 0.1) is 5.82 Å². The molecule has 0 saturated heterocycles. The van der Waals surface area contributed by atoms with Crippen molar-refractivity contribution < 1.29 is 24.2 Å². The first kappa shape index (κ1) is 33.5. The van der Waals surface area contributed by atoms with Crippen molar-refractivity contribution in [1.29, 1.82) is 0 Å². The molecule has 4 N–H and O–H groups in total. The Hall–Kier alpha value is -4.44. The fourth-order valence-corrected chi connectivity index (χ4v) is 5.31. The van der Waals surface area contributed by atoms with E-state index in [9.17, 15) is 24.2 Å². The Balaban J connectivity index is 0.000000205. The van der Waals surface area contributed by atoms with Gasteiger partial charge in [-0.15, -0.1) is 9.24 Å². The van der Waals surface area contributed by atoms with Crippen LogP contribution in [0.5, 0.6) is 0 Å². The van der Waals surface area contributed by atoms with E-state index in [1.165, 1.54) is 10.5 Å². The number of anilines is 1. The molecule has 3 heterocycles. The van der Waals surface area contributed by atoms with Gasteiger partial charge in [-0.3, -0.25) is 4.40 Å². The summed E-state index contributed by atoms with van der Waals surface area (Å²) in [5.41, 5.74) is 4.21. The summed E-state index contributed by atoms with van der Waals surface area (Å²) in [6.45, 7) is 6.53. The summed E-state index contributed by atoms with van der Waals surface area (Å²) in [5.74, 6) is -2.41. The van der Waals surface area contributed by atoms with Gasteiger partial charge in [0.05, 0.1) is 15.9 Å². The molecule has 2 aromatic carbocycles. The number of hydrogen-bond donors (Lipinski definition) is 4. The van der Waals surface area contributed by atoms with E-state index in [0.29, 0.717) is 45.3 Å². The first-order chi connectivity index (χ1) is 21.5. The third kappa shape index (κ3) is 8.19. The molecule has 1 unspecified atom stereocenters. The van der Waals surface area contributed by atoms with E-state index in [2.05, 4.69) is 47.4 Å². The van der Waals surface area contributed by atoms with Gasteiger partial charge in [-0.05, 0) is 87.8 Å². The van der Waals surface area contributed by atoms with Crippen LogP contribution in [0.3, 0.4) is 0 Å². The second-order valence-corrected chi connectivity index (χ2v) is 11.5. The minimum absolute atomic E-state index is 0.108. The molecule has 4 aromatic rings. The largest absolute Gasteiger partial charge is 0.476 e. The minimum Gasteiger partial charge on any atom is -0.476 e. The summed E-state index contributed by atoms with van der Waals surface area (Å²) in [6.07, 6.45) is 10.1. The van der Waals surface area contributed by atoms with Gasteiger partial charge in [0.2, 0.25) is 0 Å². The van der Waals surface area contributed by atoms with Crippen LogP contribution in [0.1, 0.15) is 28.5 Å². The number of carboxylic acid groups (broad SMARTS) is 2. The maximum atomic E-state index is 13.2. The molecule has 0 spiro atoms. The number of benzene rings is 2. The number of aromatic carboxylic acids is 1. The number of carbonyl (C=O) groups is 2. The van der Waals surface area contributed by atoms with Crippen molar-refractivity contribution in [3.63, 3.8) is 0 Å². The van der Waals surface area contributed by atoms with E-state index in [1.54, 1.807) is 66.0 Å². The van der Waals surface area contributed by atoms with E-state index in [4.69, 9.17) is 11.6 Å². The van der Waals surface area contributed by atoms with Crippen LogP contribution >= 0.6 is 36.8 Å². The number of nitrogens with zero attached hydrogens (tertiary/aromatic N) is 3. The number of hydrogen-bond acceptors (Lipinski definition) is 6. The second-order valence-electron chi connectivity index (χ2n) is 9.60. The zero-order valence-corrected chi connectivity index (χ0v) is 27.5. The summed E-state index contributed by atoms with van der Waals surface area (Å²) < 4.78 is 15.1. The zero-order chi connectivity index (χ0) is 32.7. The van der Waals surface area contributed by atoms with Crippen molar-refractivity contribution in [1.82, 2.24) is 19.6 Å². The molecule has 13 heteroatoms. The fraction of sp³-hybridized carbons (Fsp3) is 0.0938. The van der Waals surface area contributed by atoms with Gasteiger partial charge in [-0.2, -0.15) is 0 Å². The maximum Gasteiger partial charge on any atom is 0.355 e. The Morgan fingerprint density at radius 1 is 1.09 bits per heavy atom. The molecule has 45 heavy (non-hydrogen) atoms. The lowest BCUT2D eigenvalue weighted by molar-refractivity contribution is -0.134. The summed E-state index contributed by atoms with van der Waals surface area (Å²) in [6, 6.07) is 13.6. The molecule has 0 amide bonds. The van der Waals surface area contributed by atoms with Gasteiger partial charge in [0.15, 0.2) is 11.4 Å². The van der Waals surface area contributed by atoms with Gasteiger partial charge in [0.1, 0.15) is 11.5 Å². The molecule has 0 radical (unpaired) electrons. The molecule has 2 aromatic heterocycles. The van der Waals surface area contributed by atoms with Crippen LogP contribution in [0.25, 0.3) is 5.65 Å². The monoisotopic (exact) mass is 711 g/mol. The average Bonchev–Trinajstić information content (AvgIpc) is 3.48. The number of aliphatic carboxylic acids is 1. The van der Waals surface area contributed by atoms with Crippen molar-refractivity contribution >= 4 is 65.3 Å². The molecule has 0 saturated carbocycles. The summed E-state index contributed by atoms with van der Waals surface area (Å²) >= 11 is 9.14. The van der Waals surface area contributed by atoms with Gasteiger partial charge in [0, 0.05) is 42.4 Å². The van der Waals surface area contributed by atoms with Crippen molar-refractivity contribution in [3.05, 3.63) is 141 Å². The van der Waals surface area contributed by atoms with Crippen LogP contribution in [0.15, 0.2) is 113 Å². The lowest BCUT2D eigenvalue weighted by atomic mass is 10.1. The molecule has 0 bridgehead atoms. The van der Waals surface area contributed by atoms with Gasteiger partial charge >= 0.3 is 11.9 Å². The number of rotatable bonds is 9. The fourth-order valence-electron chi connectivity index (χ4n) is 4.41. The predicted molar refractivity (Wildman–Crippen MR) is 181 cm³/mol. The average molecular weight is 713 g/mol. The Morgan fingerprint density at radius 2 is 1.87 bits per heavy atom. The van der Waals surface area contributed by atoms with E-state index in [1.807, 2.05) is 25.1 Å². The molecule has 1 atom stereocenters. The van der Waals surface area contributed by atoms with Gasteiger partial charge in [-0.25, -0.2) is 19.0 Å². The maximum absolute atomic E-state index is 13.2. The van der Waals surface area contributed by atoms with E-state index in [-0.39, 0.29) is 17.2 Å². The Kier molecular flexibility index (Phi) is 11.2. The van der Waals surface area contributed by atoms with Crippen LogP contribution in [0.2, 0.25) is 5.02 Å². The summed E-state index contributed by atoms with van der Waals surface area (Å²) in [5, 5.41) is 26.8. The molecular weight excluding hydrogens is 684 g/mol. The number of aromatic nitrogens is 2. The quantitative estimate of drug-likeness (QED) is 0.142. The highest BCUT2D eigenvalue weighted by Crippen LogP contribution is 2.24. The Bertz CT molecular complexity index is 1870. The van der Waals surface area contributed by atoms with E-state index < -0.39 is 11.9 Å². The SMILES string of the molecule is C=C1C=CC(NCc2cc(Cl)ccc2P)=C(C(=O)O)N1/C=C\C.O=C(O)c1c(NCc2ccc(F)c(Br)c2)ccc2nccn12. The van der Waals surface area contributed by atoms with Crippen molar-refractivity contribution in [3.8, 4) is 0 Å². The number of halogens is 3. The van der Waals surface area contributed by atoms with E-state index in [0.717, 1.165) is 16.4 Å². The lowest BCUT2D eigenvalue weighted by Crippen LogP contribution is -2.30. The van der Waals surface area contributed by atoms with Gasteiger partial charge in [-0.1, -0.05) is 36.4 Å². The standard InChI is InChI=1S/C17H18ClN2O2P.C15H11BrFN3O2/c1-3-8-20-11(2)4-6-14(16(20)17(21)22)19-10-12-9-13(18)5-7-15(12)23;16-10-7-9(1-2-11(10)17)8-19-12-3-4-13-18-5-6-20(13)14(12)15(21)22/h3-9,19H,2,10,23H2,1H3,(H,21,22);1-7,19H,8H2,(H,21,22)/b8-3-;. The number of fused-ring (bicyclic) bond motifs is 1. The first-order valence-corrected chi connectivity index (χ1v) is 15.2. The molecule has 0 fully saturated rings. The summed E-state index contributed by atoms with van der Waals surface area (Å²) in [7, 11) is 2.64. The smallest absolute Gasteiger partial charge is 0.355 e. The number of imidazole rings is 1. The number of allylic oxidation sites excluding steroid dienone is 3. The van der Waals surface area contributed by atoms with Crippen LogP contribution in [0.4, 0.5) is 10.1 Å². The van der Waals surface area contributed by atoms with E-state index >= 15 is 0 Å².